The Hall–Kier alpha value is -0.320. The molecule has 0 radical (unpaired) electrons. The molecule has 0 spiro atoms. The summed E-state index contributed by atoms with van der Waals surface area (Å²) in [5.74, 6) is 1.19. The highest BCUT2D eigenvalue weighted by Gasteiger charge is 2.20. The summed E-state index contributed by atoms with van der Waals surface area (Å²) in [6.07, 6.45) is 2.01. The van der Waals surface area contributed by atoms with E-state index in [0.29, 0.717) is 12.3 Å². The van der Waals surface area contributed by atoms with E-state index in [0.717, 1.165) is 31.4 Å². The molecule has 19 heavy (non-hydrogen) atoms. The quantitative estimate of drug-likeness (QED) is 0.414. The Balaban J connectivity index is 3.66. The average molecular weight is 296 g/mol. The Bertz CT molecular complexity index is 235. The van der Waals surface area contributed by atoms with Crippen LogP contribution in [-0.2, 0) is 9.53 Å². The number of methoxy groups -OCH3 is 1. The first-order chi connectivity index (χ1) is 8.97. The maximum absolute atomic E-state index is 11.9. The molecule has 0 aromatic rings. The number of alkyl halides is 2. The minimum atomic E-state index is -2.18. The Kier molecular flexibility index (Phi) is 11.3. The lowest BCUT2D eigenvalue weighted by Gasteiger charge is -2.16. The minimum Gasteiger partial charge on any atom is -0.468 e. The van der Waals surface area contributed by atoms with Crippen molar-refractivity contribution in [3.8, 4) is 0 Å². The molecule has 0 aliphatic heterocycles. The molecule has 0 saturated heterocycles. The van der Waals surface area contributed by atoms with Gasteiger partial charge in [0.15, 0.2) is 0 Å². The number of hydrogen-bond donors (Lipinski definition) is 0. The summed E-state index contributed by atoms with van der Waals surface area (Å²) in [5, 5.41) is -0.0916. The standard InChI is InChI=1S/C14H26F2O2S/c1-11(2)10-12(14(17)18-3)19-9-7-5-4-6-8-13(15)16/h11-13H,4-10H2,1-3H3. The van der Waals surface area contributed by atoms with Gasteiger partial charge in [-0.1, -0.05) is 26.7 Å². The lowest BCUT2D eigenvalue weighted by Crippen LogP contribution is -2.21. The number of carbonyl (C=O) groups is 1. The maximum Gasteiger partial charge on any atom is 0.318 e. The van der Waals surface area contributed by atoms with Crippen LogP contribution in [0.3, 0.4) is 0 Å². The van der Waals surface area contributed by atoms with E-state index in [9.17, 15) is 13.6 Å². The number of unbranched alkanes of at least 4 members (excludes halogenated alkanes) is 3. The van der Waals surface area contributed by atoms with Gasteiger partial charge in [0, 0.05) is 6.42 Å². The fraction of sp³-hybridized carbons (Fsp3) is 0.929. The van der Waals surface area contributed by atoms with Crippen LogP contribution in [0.5, 0.6) is 0 Å². The molecule has 0 aliphatic rings. The van der Waals surface area contributed by atoms with Crippen molar-refractivity contribution in [3.63, 3.8) is 0 Å². The number of thioether (sulfide) groups is 1. The molecule has 2 nitrogen and oxygen atoms in total. The smallest absolute Gasteiger partial charge is 0.318 e. The molecule has 1 unspecified atom stereocenters. The average Bonchev–Trinajstić information content (AvgIpc) is 2.34. The fourth-order valence-corrected chi connectivity index (χ4v) is 3.18. The topological polar surface area (TPSA) is 26.3 Å². The maximum atomic E-state index is 11.9. The van der Waals surface area contributed by atoms with E-state index in [4.69, 9.17) is 4.74 Å². The molecule has 0 amide bonds. The predicted octanol–water partition coefficient (Wildman–Crippen LogP) is 4.52. The fourth-order valence-electron chi connectivity index (χ4n) is 1.77. The number of carbonyl (C=O) groups excluding carboxylic acids is 1. The largest absolute Gasteiger partial charge is 0.468 e. The number of hydrogen-bond acceptors (Lipinski definition) is 3. The third kappa shape index (κ3) is 11.2. The second kappa shape index (κ2) is 11.5. The van der Waals surface area contributed by atoms with Crippen molar-refractivity contribution >= 4 is 17.7 Å². The van der Waals surface area contributed by atoms with Gasteiger partial charge in [0.2, 0.25) is 6.43 Å². The van der Waals surface area contributed by atoms with Crippen LogP contribution in [0.2, 0.25) is 0 Å². The van der Waals surface area contributed by atoms with Crippen LogP contribution in [0.1, 0.15) is 52.4 Å². The molecule has 0 aromatic heterocycles. The molecule has 0 fully saturated rings. The first-order valence-corrected chi connectivity index (χ1v) is 7.99. The lowest BCUT2D eigenvalue weighted by atomic mass is 10.1. The lowest BCUT2D eigenvalue weighted by molar-refractivity contribution is -0.140. The molecule has 0 aromatic carbocycles. The highest BCUT2D eigenvalue weighted by molar-refractivity contribution is 8.00. The van der Waals surface area contributed by atoms with Gasteiger partial charge in [0.1, 0.15) is 5.25 Å². The van der Waals surface area contributed by atoms with Gasteiger partial charge in [-0.15, -0.1) is 11.8 Å². The third-order valence-electron chi connectivity index (χ3n) is 2.79. The van der Waals surface area contributed by atoms with Crippen LogP contribution in [-0.4, -0.2) is 30.5 Å². The summed E-state index contributed by atoms with van der Waals surface area (Å²) in [5.41, 5.74) is 0. The Morgan fingerprint density at radius 2 is 1.79 bits per heavy atom. The number of ether oxygens (including phenoxy) is 1. The molecule has 5 heteroatoms. The van der Waals surface area contributed by atoms with Gasteiger partial charge in [0.05, 0.1) is 7.11 Å². The van der Waals surface area contributed by atoms with Crippen molar-refractivity contribution in [1.82, 2.24) is 0 Å². The number of rotatable bonds is 11. The van der Waals surface area contributed by atoms with E-state index in [-0.39, 0.29) is 17.6 Å². The normalized spacial score (nSPS) is 13.0. The molecule has 114 valence electrons. The van der Waals surface area contributed by atoms with Crippen LogP contribution in [0.25, 0.3) is 0 Å². The van der Waals surface area contributed by atoms with E-state index < -0.39 is 6.43 Å². The van der Waals surface area contributed by atoms with Crippen molar-refractivity contribution < 1.29 is 18.3 Å². The van der Waals surface area contributed by atoms with Crippen LogP contribution >= 0.6 is 11.8 Å². The molecule has 0 saturated carbocycles. The number of halogens is 2. The summed E-state index contributed by atoms with van der Waals surface area (Å²) < 4.78 is 28.6. The predicted molar refractivity (Wildman–Crippen MR) is 76.8 cm³/mol. The van der Waals surface area contributed by atoms with Crippen molar-refractivity contribution in [2.24, 2.45) is 5.92 Å². The van der Waals surface area contributed by atoms with Crippen molar-refractivity contribution in [3.05, 3.63) is 0 Å². The molecular weight excluding hydrogens is 270 g/mol. The molecule has 0 rings (SSSR count). The van der Waals surface area contributed by atoms with E-state index in [2.05, 4.69) is 13.8 Å². The van der Waals surface area contributed by atoms with E-state index >= 15 is 0 Å². The molecule has 0 bridgehead atoms. The van der Waals surface area contributed by atoms with E-state index in [1.165, 1.54) is 7.11 Å². The summed E-state index contributed by atoms with van der Waals surface area (Å²) in [6, 6.07) is 0. The van der Waals surface area contributed by atoms with Crippen LogP contribution in [0.4, 0.5) is 8.78 Å². The zero-order valence-electron chi connectivity index (χ0n) is 12.2. The SMILES string of the molecule is COC(=O)C(CC(C)C)SCCCCCCC(F)F. The van der Waals surface area contributed by atoms with Crippen LogP contribution < -0.4 is 0 Å². The molecular formula is C14H26F2O2S. The second-order valence-corrected chi connectivity index (χ2v) is 6.42. The number of esters is 1. The highest BCUT2D eigenvalue weighted by atomic mass is 32.2. The van der Waals surface area contributed by atoms with Crippen LogP contribution in [0, 0.1) is 5.92 Å². The van der Waals surface area contributed by atoms with E-state index in [1.54, 1.807) is 11.8 Å². The van der Waals surface area contributed by atoms with Gasteiger partial charge in [0.25, 0.3) is 0 Å². The molecule has 0 heterocycles. The molecule has 0 N–H and O–H groups in total. The van der Waals surface area contributed by atoms with Crippen molar-refractivity contribution in [1.29, 1.82) is 0 Å². The molecule has 0 aliphatic carbocycles. The highest BCUT2D eigenvalue weighted by Crippen LogP contribution is 2.22. The third-order valence-corrected chi connectivity index (χ3v) is 4.10. The van der Waals surface area contributed by atoms with Gasteiger partial charge in [-0.2, -0.15) is 0 Å². The summed E-state index contributed by atoms with van der Waals surface area (Å²) in [6.45, 7) is 4.17. The zero-order chi connectivity index (χ0) is 14.7. The van der Waals surface area contributed by atoms with Gasteiger partial charge in [-0.25, -0.2) is 8.78 Å². The molecule has 1 atom stereocenters. The van der Waals surface area contributed by atoms with E-state index in [1.807, 2.05) is 0 Å². The second-order valence-electron chi connectivity index (χ2n) is 5.11. The van der Waals surface area contributed by atoms with Crippen molar-refractivity contribution in [2.75, 3.05) is 12.9 Å². The van der Waals surface area contributed by atoms with Gasteiger partial charge in [-0.05, 0) is 30.9 Å². The van der Waals surface area contributed by atoms with Gasteiger partial charge < -0.3 is 4.74 Å². The minimum absolute atomic E-state index is 0.00524. The summed E-state index contributed by atoms with van der Waals surface area (Å²) in [7, 11) is 1.42. The van der Waals surface area contributed by atoms with Crippen LogP contribution in [0.15, 0.2) is 0 Å². The first kappa shape index (κ1) is 18.7. The van der Waals surface area contributed by atoms with Crippen molar-refractivity contribution in [2.45, 2.75) is 64.0 Å². The first-order valence-electron chi connectivity index (χ1n) is 6.95. The summed E-state index contributed by atoms with van der Waals surface area (Å²) in [4.78, 5) is 11.6. The monoisotopic (exact) mass is 296 g/mol. The Labute approximate surface area is 119 Å². The Morgan fingerprint density at radius 1 is 1.16 bits per heavy atom. The van der Waals surface area contributed by atoms with Gasteiger partial charge in [-0.3, -0.25) is 4.79 Å². The summed E-state index contributed by atoms with van der Waals surface area (Å²) >= 11 is 1.62. The zero-order valence-corrected chi connectivity index (χ0v) is 13.0. The van der Waals surface area contributed by atoms with Gasteiger partial charge >= 0.3 is 5.97 Å². The Morgan fingerprint density at radius 3 is 2.32 bits per heavy atom.